The normalized spacial score (nSPS) is 10.7. The van der Waals surface area contributed by atoms with Gasteiger partial charge in [-0.3, -0.25) is 4.79 Å². The van der Waals surface area contributed by atoms with Crippen LogP contribution in [0.25, 0.3) is 0 Å². The number of hydrogen-bond acceptors (Lipinski definition) is 2. The van der Waals surface area contributed by atoms with Crippen LogP contribution in [0.3, 0.4) is 0 Å². The molecule has 0 aliphatic carbocycles. The standard InChI is InChI=1S/C15H21ClN2OS/c1-10(2)9-18(8-7-14(17)20)15(19)12-5-4-6-13(16)11(12)3/h4-6,10H,7-9H2,1-3H3,(H2,17,20). The van der Waals surface area contributed by atoms with Crippen molar-refractivity contribution in [3.05, 3.63) is 34.3 Å². The minimum absolute atomic E-state index is 0.0186. The number of amides is 1. The van der Waals surface area contributed by atoms with Gasteiger partial charge >= 0.3 is 0 Å². The van der Waals surface area contributed by atoms with Gasteiger partial charge in [-0.1, -0.05) is 43.7 Å². The van der Waals surface area contributed by atoms with Gasteiger partial charge < -0.3 is 10.6 Å². The van der Waals surface area contributed by atoms with Gasteiger partial charge in [0.1, 0.15) is 0 Å². The van der Waals surface area contributed by atoms with Gasteiger partial charge in [-0.2, -0.15) is 0 Å². The van der Waals surface area contributed by atoms with Gasteiger partial charge in [0.05, 0.1) is 4.99 Å². The summed E-state index contributed by atoms with van der Waals surface area (Å²) >= 11 is 11.0. The number of thiocarbonyl (C=S) groups is 1. The Balaban J connectivity index is 2.96. The Morgan fingerprint density at radius 2 is 2.10 bits per heavy atom. The van der Waals surface area contributed by atoms with Gasteiger partial charge in [0, 0.05) is 30.1 Å². The van der Waals surface area contributed by atoms with E-state index >= 15 is 0 Å². The van der Waals surface area contributed by atoms with Crippen molar-refractivity contribution in [3.63, 3.8) is 0 Å². The number of benzene rings is 1. The molecule has 110 valence electrons. The summed E-state index contributed by atoms with van der Waals surface area (Å²) < 4.78 is 0. The molecule has 0 aromatic heterocycles. The number of nitrogens with zero attached hydrogens (tertiary/aromatic N) is 1. The van der Waals surface area contributed by atoms with Crippen LogP contribution in [-0.2, 0) is 0 Å². The fraction of sp³-hybridized carbons (Fsp3) is 0.467. The maximum Gasteiger partial charge on any atom is 0.254 e. The van der Waals surface area contributed by atoms with Crippen LogP contribution < -0.4 is 5.73 Å². The van der Waals surface area contributed by atoms with Gasteiger partial charge in [0.25, 0.3) is 5.91 Å². The Bertz CT molecular complexity index is 503. The highest BCUT2D eigenvalue weighted by molar-refractivity contribution is 7.80. The summed E-state index contributed by atoms with van der Waals surface area (Å²) in [5.41, 5.74) is 6.99. The van der Waals surface area contributed by atoms with Crippen molar-refractivity contribution in [2.75, 3.05) is 13.1 Å². The molecule has 1 aromatic carbocycles. The third-order valence-electron chi connectivity index (χ3n) is 3.00. The topological polar surface area (TPSA) is 46.3 Å². The molecule has 0 unspecified atom stereocenters. The zero-order valence-corrected chi connectivity index (χ0v) is 13.7. The van der Waals surface area contributed by atoms with E-state index in [9.17, 15) is 4.79 Å². The van der Waals surface area contributed by atoms with Crippen LogP contribution in [0.4, 0.5) is 0 Å². The molecule has 0 spiro atoms. The second-order valence-corrected chi connectivity index (χ2v) is 6.21. The third kappa shape index (κ3) is 4.76. The number of nitrogens with two attached hydrogens (primary N) is 1. The monoisotopic (exact) mass is 312 g/mol. The zero-order valence-electron chi connectivity index (χ0n) is 12.1. The molecule has 0 saturated heterocycles. The van der Waals surface area contributed by atoms with E-state index in [1.165, 1.54) is 0 Å². The van der Waals surface area contributed by atoms with Crippen molar-refractivity contribution in [1.29, 1.82) is 0 Å². The van der Waals surface area contributed by atoms with Crippen molar-refractivity contribution in [3.8, 4) is 0 Å². The van der Waals surface area contributed by atoms with Gasteiger partial charge in [0.15, 0.2) is 0 Å². The Labute approximate surface area is 131 Å². The van der Waals surface area contributed by atoms with E-state index < -0.39 is 0 Å². The number of carbonyl (C=O) groups excluding carboxylic acids is 1. The molecule has 5 heteroatoms. The molecule has 2 N–H and O–H groups in total. The van der Waals surface area contributed by atoms with E-state index in [2.05, 4.69) is 13.8 Å². The number of carbonyl (C=O) groups is 1. The summed E-state index contributed by atoms with van der Waals surface area (Å²) in [6.45, 7) is 7.22. The van der Waals surface area contributed by atoms with Crippen LogP contribution in [0.5, 0.6) is 0 Å². The number of rotatable bonds is 6. The molecule has 0 heterocycles. The molecule has 0 bridgehead atoms. The Morgan fingerprint density at radius 1 is 1.45 bits per heavy atom. The van der Waals surface area contributed by atoms with Crippen molar-refractivity contribution < 1.29 is 4.79 Å². The molecule has 3 nitrogen and oxygen atoms in total. The summed E-state index contributed by atoms with van der Waals surface area (Å²) in [6, 6.07) is 5.39. The molecule has 0 saturated carbocycles. The van der Waals surface area contributed by atoms with Crippen molar-refractivity contribution >= 4 is 34.7 Å². The first-order valence-electron chi connectivity index (χ1n) is 6.65. The fourth-order valence-corrected chi connectivity index (χ4v) is 2.24. The first kappa shape index (κ1) is 16.9. The summed E-state index contributed by atoms with van der Waals surface area (Å²) in [5.74, 6) is 0.361. The third-order valence-corrected chi connectivity index (χ3v) is 3.61. The summed E-state index contributed by atoms with van der Waals surface area (Å²) in [5, 5.41) is 0.606. The lowest BCUT2D eigenvalue weighted by molar-refractivity contribution is 0.0740. The largest absolute Gasteiger partial charge is 0.393 e. The number of halogens is 1. The first-order valence-corrected chi connectivity index (χ1v) is 7.44. The fourth-order valence-electron chi connectivity index (χ4n) is 1.97. The van der Waals surface area contributed by atoms with Gasteiger partial charge in [-0.05, 0) is 30.5 Å². The van der Waals surface area contributed by atoms with Crippen molar-refractivity contribution in [2.45, 2.75) is 27.2 Å². The number of hydrogen-bond donors (Lipinski definition) is 1. The lowest BCUT2D eigenvalue weighted by atomic mass is 10.1. The maximum absolute atomic E-state index is 12.6. The maximum atomic E-state index is 12.6. The van der Waals surface area contributed by atoms with Gasteiger partial charge in [-0.25, -0.2) is 0 Å². The van der Waals surface area contributed by atoms with Crippen LogP contribution in [0, 0.1) is 12.8 Å². The highest BCUT2D eigenvalue weighted by Gasteiger charge is 2.19. The van der Waals surface area contributed by atoms with Crippen molar-refractivity contribution in [2.24, 2.45) is 11.7 Å². The first-order chi connectivity index (χ1) is 9.32. The molecule has 0 aliphatic heterocycles. The lowest BCUT2D eigenvalue weighted by Gasteiger charge is -2.25. The lowest BCUT2D eigenvalue weighted by Crippen LogP contribution is -2.36. The quantitative estimate of drug-likeness (QED) is 0.819. The minimum Gasteiger partial charge on any atom is -0.393 e. The molecule has 1 rings (SSSR count). The minimum atomic E-state index is -0.0186. The van der Waals surface area contributed by atoms with Crippen LogP contribution >= 0.6 is 23.8 Å². The molecule has 20 heavy (non-hydrogen) atoms. The summed E-state index contributed by atoms with van der Waals surface area (Å²) in [6.07, 6.45) is 0.535. The highest BCUT2D eigenvalue weighted by Crippen LogP contribution is 2.20. The Hall–Kier alpha value is -1.13. The summed E-state index contributed by atoms with van der Waals surface area (Å²) in [4.78, 5) is 14.9. The molecule has 0 fully saturated rings. The average molecular weight is 313 g/mol. The molecular weight excluding hydrogens is 292 g/mol. The Kier molecular flexibility index (Phi) is 6.43. The van der Waals surface area contributed by atoms with E-state index in [0.717, 1.165) is 5.56 Å². The predicted molar refractivity (Wildman–Crippen MR) is 88.3 cm³/mol. The SMILES string of the molecule is Cc1c(Cl)cccc1C(=O)N(CCC(N)=S)CC(C)C. The van der Waals surface area contributed by atoms with Crippen molar-refractivity contribution in [1.82, 2.24) is 4.90 Å². The molecule has 0 aliphatic rings. The van der Waals surface area contributed by atoms with E-state index in [4.69, 9.17) is 29.6 Å². The Morgan fingerprint density at radius 3 is 2.65 bits per heavy atom. The molecule has 1 aromatic rings. The van der Waals surface area contributed by atoms with E-state index in [1.807, 2.05) is 6.92 Å². The second-order valence-electron chi connectivity index (χ2n) is 5.27. The van der Waals surface area contributed by atoms with Crippen LogP contribution in [0.1, 0.15) is 36.2 Å². The highest BCUT2D eigenvalue weighted by atomic mass is 35.5. The van der Waals surface area contributed by atoms with E-state index in [0.29, 0.717) is 41.0 Å². The predicted octanol–water partition coefficient (Wildman–Crippen LogP) is 3.42. The van der Waals surface area contributed by atoms with Gasteiger partial charge in [0.2, 0.25) is 0 Å². The van der Waals surface area contributed by atoms with Gasteiger partial charge in [-0.15, -0.1) is 0 Å². The molecule has 0 atom stereocenters. The summed E-state index contributed by atoms with van der Waals surface area (Å²) in [7, 11) is 0. The van der Waals surface area contributed by atoms with E-state index in [1.54, 1.807) is 23.1 Å². The van der Waals surface area contributed by atoms with Crippen LogP contribution in [0.2, 0.25) is 5.02 Å². The molecule has 1 amide bonds. The molecule has 0 radical (unpaired) electrons. The van der Waals surface area contributed by atoms with Crippen LogP contribution in [-0.4, -0.2) is 28.9 Å². The van der Waals surface area contributed by atoms with E-state index in [-0.39, 0.29) is 5.91 Å². The molecular formula is C15H21ClN2OS. The average Bonchev–Trinajstić information content (AvgIpc) is 2.36. The zero-order chi connectivity index (χ0) is 15.3. The second kappa shape index (κ2) is 7.60. The smallest absolute Gasteiger partial charge is 0.254 e. The van der Waals surface area contributed by atoms with Crippen LogP contribution in [0.15, 0.2) is 18.2 Å².